The zero-order valence-corrected chi connectivity index (χ0v) is 15.3. The van der Waals surface area contributed by atoms with Gasteiger partial charge in [-0.25, -0.2) is 14.8 Å². The number of aromatic nitrogens is 2. The molecule has 1 fully saturated rings. The third-order valence-corrected chi connectivity index (χ3v) is 3.97. The highest BCUT2D eigenvalue weighted by Gasteiger charge is 2.35. The average Bonchev–Trinajstić information content (AvgIpc) is 2.48. The fourth-order valence-electron chi connectivity index (χ4n) is 2.45. The van der Waals surface area contributed by atoms with Crippen LogP contribution in [0.4, 0.5) is 4.79 Å². The number of rotatable bonds is 3. The number of hydrogen-bond acceptors (Lipinski definition) is 6. The molecule has 7 nitrogen and oxygen atoms in total. The number of methoxy groups -OCH3 is 1. The summed E-state index contributed by atoms with van der Waals surface area (Å²) in [6.45, 7) is 6.42. The normalized spacial score (nSPS) is 15.0. The Balaban J connectivity index is 1.70. The zero-order chi connectivity index (χ0) is 18.2. The summed E-state index contributed by atoms with van der Waals surface area (Å²) in [5, 5.41) is 1.03. The maximum absolute atomic E-state index is 12.0. The van der Waals surface area contributed by atoms with Gasteiger partial charge >= 0.3 is 6.09 Å². The lowest BCUT2D eigenvalue weighted by Gasteiger charge is -2.39. The Bertz CT molecular complexity index is 800. The van der Waals surface area contributed by atoms with E-state index in [0.29, 0.717) is 40.6 Å². The van der Waals surface area contributed by atoms with Crippen molar-refractivity contribution in [2.75, 3.05) is 20.2 Å². The van der Waals surface area contributed by atoms with E-state index in [4.69, 9.17) is 25.8 Å². The quantitative estimate of drug-likeness (QED) is 0.777. The fraction of sp³-hybridized carbons (Fsp3) is 0.471. The summed E-state index contributed by atoms with van der Waals surface area (Å²) in [4.78, 5) is 21.7. The lowest BCUT2D eigenvalue weighted by molar-refractivity contribution is -0.0225. The van der Waals surface area contributed by atoms with Crippen LogP contribution in [0.25, 0.3) is 10.9 Å². The van der Waals surface area contributed by atoms with Crippen LogP contribution in [0.5, 0.6) is 11.5 Å². The molecular weight excluding hydrogens is 346 g/mol. The van der Waals surface area contributed by atoms with Crippen LogP contribution in [0.1, 0.15) is 20.8 Å². The molecule has 0 unspecified atom stereocenters. The predicted molar refractivity (Wildman–Crippen MR) is 93.3 cm³/mol. The molecule has 0 atom stereocenters. The first-order valence-electron chi connectivity index (χ1n) is 7.89. The van der Waals surface area contributed by atoms with E-state index in [-0.39, 0.29) is 12.2 Å². The van der Waals surface area contributed by atoms with E-state index >= 15 is 0 Å². The molecule has 1 aromatic carbocycles. The van der Waals surface area contributed by atoms with Gasteiger partial charge in [0.15, 0.2) is 11.5 Å². The summed E-state index contributed by atoms with van der Waals surface area (Å²) in [5.74, 6) is 1.10. The van der Waals surface area contributed by atoms with Crippen molar-refractivity contribution in [2.45, 2.75) is 32.5 Å². The highest BCUT2D eigenvalue weighted by molar-refractivity contribution is 6.34. The van der Waals surface area contributed by atoms with Gasteiger partial charge < -0.3 is 19.1 Å². The predicted octanol–water partition coefficient (Wildman–Crippen LogP) is 3.29. The van der Waals surface area contributed by atoms with Crippen molar-refractivity contribution in [3.8, 4) is 11.5 Å². The third-order valence-electron chi connectivity index (χ3n) is 3.67. The van der Waals surface area contributed by atoms with E-state index in [0.717, 1.165) is 0 Å². The minimum Gasteiger partial charge on any atom is -0.493 e. The van der Waals surface area contributed by atoms with Crippen molar-refractivity contribution in [3.05, 3.63) is 23.6 Å². The number of likely N-dealkylation sites (tertiary alicyclic amines) is 1. The first-order valence-corrected chi connectivity index (χ1v) is 8.27. The highest BCUT2D eigenvalue weighted by atomic mass is 35.5. The molecular formula is C17H20ClN3O4. The Morgan fingerprint density at radius 1 is 1.24 bits per heavy atom. The van der Waals surface area contributed by atoms with Crippen molar-refractivity contribution < 1.29 is 19.0 Å². The zero-order valence-electron chi connectivity index (χ0n) is 14.6. The topological polar surface area (TPSA) is 73.8 Å². The number of benzene rings is 1. The number of fused-ring (bicyclic) bond motifs is 1. The molecule has 2 aromatic rings. The lowest BCUT2D eigenvalue weighted by atomic mass is 10.1. The van der Waals surface area contributed by atoms with Crippen LogP contribution < -0.4 is 9.47 Å². The molecule has 1 aliphatic rings. The van der Waals surface area contributed by atoms with Crippen LogP contribution in [0.3, 0.4) is 0 Å². The van der Waals surface area contributed by atoms with E-state index in [1.165, 1.54) is 6.33 Å². The minimum absolute atomic E-state index is 0.137. The van der Waals surface area contributed by atoms with E-state index in [1.807, 2.05) is 20.8 Å². The van der Waals surface area contributed by atoms with Gasteiger partial charge in [-0.1, -0.05) is 11.6 Å². The van der Waals surface area contributed by atoms with E-state index < -0.39 is 5.60 Å². The standard InChI is InChI=1S/C17H20ClN3O4/c1-17(2,3)25-16(22)21-7-10(8-21)24-14-5-11-12(6-13(14)23-4)19-9-20-15(11)18/h5-6,9-10H,7-8H2,1-4H3. The van der Waals surface area contributed by atoms with Gasteiger partial charge in [-0.2, -0.15) is 0 Å². The van der Waals surface area contributed by atoms with Crippen LogP contribution >= 0.6 is 11.6 Å². The molecule has 0 bridgehead atoms. The van der Waals surface area contributed by atoms with E-state index in [1.54, 1.807) is 24.1 Å². The average molecular weight is 366 g/mol. The molecule has 3 rings (SSSR count). The highest BCUT2D eigenvalue weighted by Crippen LogP contribution is 2.35. The van der Waals surface area contributed by atoms with Gasteiger partial charge in [-0.15, -0.1) is 0 Å². The third kappa shape index (κ3) is 3.87. The summed E-state index contributed by atoms with van der Waals surface area (Å²) in [6, 6.07) is 3.51. The smallest absolute Gasteiger partial charge is 0.410 e. The molecule has 1 aromatic heterocycles. The largest absolute Gasteiger partial charge is 0.493 e. The summed E-state index contributed by atoms with van der Waals surface area (Å²) in [6.07, 6.45) is 0.923. The Morgan fingerprint density at radius 2 is 1.96 bits per heavy atom. The van der Waals surface area contributed by atoms with Crippen LogP contribution in [-0.2, 0) is 4.74 Å². The van der Waals surface area contributed by atoms with Gasteiger partial charge in [0, 0.05) is 11.5 Å². The minimum atomic E-state index is -0.513. The first kappa shape index (κ1) is 17.5. The van der Waals surface area contributed by atoms with Crippen molar-refractivity contribution >= 4 is 28.6 Å². The molecule has 0 radical (unpaired) electrons. The monoisotopic (exact) mass is 365 g/mol. The number of halogens is 1. The maximum atomic E-state index is 12.0. The van der Waals surface area contributed by atoms with Crippen LogP contribution in [0, 0.1) is 0 Å². The molecule has 2 heterocycles. The Hall–Kier alpha value is -2.28. The summed E-state index contributed by atoms with van der Waals surface area (Å²) >= 11 is 6.12. The van der Waals surface area contributed by atoms with Gasteiger partial charge in [0.2, 0.25) is 0 Å². The summed E-state index contributed by atoms with van der Waals surface area (Å²) < 4.78 is 16.7. The second kappa shape index (κ2) is 6.55. The fourth-order valence-corrected chi connectivity index (χ4v) is 2.65. The summed E-state index contributed by atoms with van der Waals surface area (Å²) in [7, 11) is 1.56. The first-order chi connectivity index (χ1) is 11.8. The SMILES string of the molecule is COc1cc2ncnc(Cl)c2cc1OC1CN(C(=O)OC(C)(C)C)C1. The molecule has 1 aliphatic heterocycles. The van der Waals surface area contributed by atoms with Crippen LogP contribution in [-0.4, -0.2) is 52.9 Å². The number of nitrogens with zero attached hydrogens (tertiary/aromatic N) is 3. The van der Waals surface area contributed by atoms with Crippen molar-refractivity contribution in [1.29, 1.82) is 0 Å². The Labute approximate surface area is 150 Å². The van der Waals surface area contributed by atoms with Crippen molar-refractivity contribution in [1.82, 2.24) is 14.9 Å². The lowest BCUT2D eigenvalue weighted by Crippen LogP contribution is -2.57. The molecule has 0 spiro atoms. The second-order valence-electron chi connectivity index (χ2n) is 6.81. The molecule has 0 aliphatic carbocycles. The molecule has 25 heavy (non-hydrogen) atoms. The number of amides is 1. The molecule has 1 amide bonds. The Kier molecular flexibility index (Phi) is 4.60. The van der Waals surface area contributed by atoms with Gasteiger partial charge in [0.05, 0.1) is 25.7 Å². The molecule has 0 N–H and O–H groups in total. The number of carbonyl (C=O) groups excluding carboxylic acids is 1. The molecule has 1 saturated heterocycles. The van der Waals surface area contributed by atoms with Gasteiger partial charge in [0.25, 0.3) is 0 Å². The second-order valence-corrected chi connectivity index (χ2v) is 7.17. The molecule has 0 saturated carbocycles. The van der Waals surface area contributed by atoms with Crippen LogP contribution in [0.2, 0.25) is 5.15 Å². The number of carbonyl (C=O) groups is 1. The number of ether oxygens (including phenoxy) is 3. The van der Waals surface area contributed by atoms with Crippen molar-refractivity contribution in [2.24, 2.45) is 0 Å². The van der Waals surface area contributed by atoms with E-state index in [9.17, 15) is 4.79 Å². The van der Waals surface area contributed by atoms with Gasteiger partial charge in [-0.3, -0.25) is 0 Å². The molecule has 134 valence electrons. The number of hydrogen-bond donors (Lipinski definition) is 0. The maximum Gasteiger partial charge on any atom is 0.410 e. The summed E-state index contributed by atoms with van der Waals surface area (Å²) in [5.41, 5.74) is 0.162. The van der Waals surface area contributed by atoms with Gasteiger partial charge in [-0.05, 0) is 26.8 Å². The van der Waals surface area contributed by atoms with Crippen molar-refractivity contribution in [3.63, 3.8) is 0 Å². The van der Waals surface area contributed by atoms with E-state index in [2.05, 4.69) is 9.97 Å². The van der Waals surface area contributed by atoms with Crippen LogP contribution in [0.15, 0.2) is 18.5 Å². The Morgan fingerprint density at radius 3 is 2.60 bits per heavy atom. The molecule has 8 heteroatoms. The van der Waals surface area contributed by atoms with Gasteiger partial charge in [0.1, 0.15) is 23.2 Å².